The van der Waals surface area contributed by atoms with Gasteiger partial charge in [-0.15, -0.1) is 6.58 Å². The SMILES string of the molecule is C=CCN(CC(=O)NCCOC)S(=O)(=O)c1ccc(Cl)cc1. The van der Waals surface area contributed by atoms with Gasteiger partial charge in [0.05, 0.1) is 18.0 Å². The molecule has 8 heteroatoms. The van der Waals surface area contributed by atoms with E-state index in [0.29, 0.717) is 18.2 Å². The van der Waals surface area contributed by atoms with Gasteiger partial charge in [-0.1, -0.05) is 17.7 Å². The van der Waals surface area contributed by atoms with Crippen LogP contribution in [0.3, 0.4) is 0 Å². The molecule has 22 heavy (non-hydrogen) atoms. The Bertz CT molecular complexity index is 602. The average molecular weight is 347 g/mol. The number of amides is 1. The van der Waals surface area contributed by atoms with Crippen LogP contribution in [0.2, 0.25) is 5.02 Å². The lowest BCUT2D eigenvalue weighted by molar-refractivity contribution is -0.121. The van der Waals surface area contributed by atoms with Crippen LogP contribution in [0.15, 0.2) is 41.8 Å². The quantitative estimate of drug-likeness (QED) is 0.540. The van der Waals surface area contributed by atoms with Gasteiger partial charge in [-0.05, 0) is 24.3 Å². The molecule has 1 aromatic carbocycles. The van der Waals surface area contributed by atoms with Gasteiger partial charge >= 0.3 is 0 Å². The number of sulfonamides is 1. The van der Waals surface area contributed by atoms with Crippen LogP contribution in [-0.4, -0.2) is 52.0 Å². The summed E-state index contributed by atoms with van der Waals surface area (Å²) in [5, 5.41) is 3.02. The summed E-state index contributed by atoms with van der Waals surface area (Å²) in [6.45, 7) is 3.94. The zero-order chi connectivity index (χ0) is 16.6. The molecule has 1 rings (SSSR count). The minimum absolute atomic E-state index is 0.0304. The van der Waals surface area contributed by atoms with Crippen LogP contribution in [0.4, 0.5) is 0 Å². The fourth-order valence-electron chi connectivity index (χ4n) is 1.66. The van der Waals surface area contributed by atoms with Crippen molar-refractivity contribution in [3.05, 3.63) is 41.9 Å². The Kier molecular flexibility index (Phi) is 7.53. The maximum atomic E-state index is 12.5. The van der Waals surface area contributed by atoms with Crippen molar-refractivity contribution in [3.63, 3.8) is 0 Å². The van der Waals surface area contributed by atoms with Crippen molar-refractivity contribution in [2.45, 2.75) is 4.90 Å². The molecule has 0 aromatic heterocycles. The second kappa shape index (κ2) is 8.89. The summed E-state index contributed by atoms with van der Waals surface area (Å²) < 4.78 is 30.9. The van der Waals surface area contributed by atoms with Crippen LogP contribution in [0.25, 0.3) is 0 Å². The van der Waals surface area contributed by atoms with E-state index < -0.39 is 15.9 Å². The topological polar surface area (TPSA) is 75.7 Å². The summed E-state index contributed by atoms with van der Waals surface area (Å²) in [6.07, 6.45) is 1.43. The first-order chi connectivity index (χ1) is 10.4. The lowest BCUT2D eigenvalue weighted by Crippen LogP contribution is -2.41. The molecule has 0 bridgehead atoms. The molecule has 122 valence electrons. The summed E-state index contributed by atoms with van der Waals surface area (Å²) >= 11 is 5.76. The van der Waals surface area contributed by atoms with Crippen molar-refractivity contribution >= 4 is 27.5 Å². The second-order valence-electron chi connectivity index (χ2n) is 4.38. The van der Waals surface area contributed by atoms with E-state index in [1.807, 2.05) is 0 Å². The number of hydrogen-bond donors (Lipinski definition) is 1. The second-order valence-corrected chi connectivity index (χ2v) is 6.76. The predicted octanol–water partition coefficient (Wildman–Crippen LogP) is 1.28. The van der Waals surface area contributed by atoms with E-state index in [1.54, 1.807) is 0 Å². The summed E-state index contributed by atoms with van der Waals surface area (Å²) in [4.78, 5) is 11.9. The molecule has 6 nitrogen and oxygen atoms in total. The van der Waals surface area contributed by atoms with Crippen LogP contribution in [0.1, 0.15) is 0 Å². The normalized spacial score (nSPS) is 11.4. The van der Waals surface area contributed by atoms with Gasteiger partial charge in [0.15, 0.2) is 0 Å². The standard InChI is InChI=1S/C14H19ClN2O4S/c1-3-9-17(11-14(18)16-8-10-21-2)22(19,20)13-6-4-12(15)5-7-13/h3-7H,1,8-11H2,2H3,(H,16,18). The third kappa shape index (κ3) is 5.42. The fraction of sp³-hybridized carbons (Fsp3) is 0.357. The van der Waals surface area contributed by atoms with E-state index in [4.69, 9.17) is 16.3 Å². The van der Waals surface area contributed by atoms with Crippen LogP contribution < -0.4 is 5.32 Å². The largest absolute Gasteiger partial charge is 0.383 e. The van der Waals surface area contributed by atoms with Gasteiger partial charge in [0.25, 0.3) is 0 Å². The third-order valence-corrected chi connectivity index (χ3v) is 4.81. The highest BCUT2D eigenvalue weighted by Crippen LogP contribution is 2.18. The molecule has 0 unspecified atom stereocenters. The molecule has 1 aromatic rings. The molecule has 0 aliphatic carbocycles. The highest BCUT2D eigenvalue weighted by molar-refractivity contribution is 7.89. The summed E-state index contributed by atoms with van der Waals surface area (Å²) in [5.74, 6) is -0.406. The Labute approximate surface area is 135 Å². The number of benzene rings is 1. The number of hydrogen-bond acceptors (Lipinski definition) is 4. The molecule has 0 aliphatic rings. The molecule has 0 fully saturated rings. The zero-order valence-corrected chi connectivity index (χ0v) is 13.9. The van der Waals surface area contributed by atoms with Crippen molar-refractivity contribution in [2.75, 3.05) is 33.4 Å². The Hall–Kier alpha value is -1.41. The number of nitrogens with one attached hydrogen (secondary N) is 1. The maximum absolute atomic E-state index is 12.5. The fourth-order valence-corrected chi connectivity index (χ4v) is 3.15. The minimum atomic E-state index is -3.79. The maximum Gasteiger partial charge on any atom is 0.243 e. The number of methoxy groups -OCH3 is 1. The number of ether oxygens (including phenoxy) is 1. The van der Waals surface area contributed by atoms with E-state index in [0.717, 1.165) is 4.31 Å². The third-order valence-electron chi connectivity index (χ3n) is 2.73. The van der Waals surface area contributed by atoms with Crippen LogP contribution in [0, 0.1) is 0 Å². The van der Waals surface area contributed by atoms with Gasteiger partial charge in [0.1, 0.15) is 0 Å². The molecule has 0 spiro atoms. The summed E-state index contributed by atoms with van der Waals surface area (Å²) in [7, 11) is -2.28. The molecular formula is C14H19ClN2O4S. The molecule has 0 aliphatic heterocycles. The number of nitrogens with zero attached hydrogens (tertiary/aromatic N) is 1. The molecular weight excluding hydrogens is 328 g/mol. The van der Waals surface area contributed by atoms with E-state index in [-0.39, 0.29) is 18.0 Å². The first-order valence-corrected chi connectivity index (χ1v) is 8.36. The molecule has 0 radical (unpaired) electrons. The molecule has 1 N–H and O–H groups in total. The summed E-state index contributed by atoms with van der Waals surface area (Å²) in [6, 6.07) is 5.77. The van der Waals surface area contributed by atoms with Gasteiger partial charge in [0, 0.05) is 25.2 Å². The van der Waals surface area contributed by atoms with Gasteiger partial charge in [-0.25, -0.2) is 8.42 Å². The first-order valence-electron chi connectivity index (χ1n) is 6.54. The number of carbonyl (C=O) groups excluding carboxylic acids is 1. The zero-order valence-electron chi connectivity index (χ0n) is 12.3. The van der Waals surface area contributed by atoms with E-state index in [1.165, 1.54) is 37.5 Å². The molecule has 0 atom stereocenters. The van der Waals surface area contributed by atoms with Gasteiger partial charge in [0.2, 0.25) is 15.9 Å². The number of rotatable bonds is 9. The van der Waals surface area contributed by atoms with E-state index >= 15 is 0 Å². The Morgan fingerprint density at radius 1 is 1.41 bits per heavy atom. The Balaban J connectivity index is 2.86. The van der Waals surface area contributed by atoms with Crippen molar-refractivity contribution in [1.29, 1.82) is 0 Å². The predicted molar refractivity (Wildman–Crippen MR) is 85.3 cm³/mol. The Morgan fingerprint density at radius 3 is 2.59 bits per heavy atom. The smallest absolute Gasteiger partial charge is 0.243 e. The average Bonchev–Trinajstić information content (AvgIpc) is 2.47. The summed E-state index contributed by atoms with van der Waals surface area (Å²) in [5.41, 5.74) is 0. The number of halogens is 1. The van der Waals surface area contributed by atoms with Crippen molar-refractivity contribution in [1.82, 2.24) is 9.62 Å². The highest BCUT2D eigenvalue weighted by atomic mass is 35.5. The molecule has 0 heterocycles. The van der Waals surface area contributed by atoms with Gasteiger partial charge in [-0.3, -0.25) is 4.79 Å². The first kappa shape index (κ1) is 18.6. The van der Waals surface area contributed by atoms with Crippen molar-refractivity contribution in [2.24, 2.45) is 0 Å². The van der Waals surface area contributed by atoms with Gasteiger partial charge in [-0.2, -0.15) is 4.31 Å². The molecule has 0 saturated heterocycles. The van der Waals surface area contributed by atoms with E-state index in [9.17, 15) is 13.2 Å². The van der Waals surface area contributed by atoms with Crippen LogP contribution >= 0.6 is 11.6 Å². The number of carbonyl (C=O) groups is 1. The Morgan fingerprint density at radius 2 is 2.05 bits per heavy atom. The highest BCUT2D eigenvalue weighted by Gasteiger charge is 2.25. The lowest BCUT2D eigenvalue weighted by Gasteiger charge is -2.20. The van der Waals surface area contributed by atoms with Crippen molar-refractivity contribution in [3.8, 4) is 0 Å². The van der Waals surface area contributed by atoms with Crippen LogP contribution in [-0.2, 0) is 19.6 Å². The molecule has 0 saturated carbocycles. The van der Waals surface area contributed by atoms with E-state index in [2.05, 4.69) is 11.9 Å². The van der Waals surface area contributed by atoms with Crippen LogP contribution in [0.5, 0.6) is 0 Å². The monoisotopic (exact) mass is 346 g/mol. The molecule has 1 amide bonds. The lowest BCUT2D eigenvalue weighted by atomic mass is 10.4. The minimum Gasteiger partial charge on any atom is -0.383 e. The van der Waals surface area contributed by atoms with Gasteiger partial charge < -0.3 is 10.1 Å². The van der Waals surface area contributed by atoms with Crippen molar-refractivity contribution < 1.29 is 17.9 Å².